The predicted octanol–water partition coefficient (Wildman–Crippen LogP) is 0.0665. The van der Waals surface area contributed by atoms with Gasteiger partial charge in [-0.2, -0.15) is 0 Å². The summed E-state index contributed by atoms with van der Waals surface area (Å²) in [7, 11) is 0. The Hall–Kier alpha value is -2.45. The Morgan fingerprint density at radius 1 is 1.04 bits per heavy atom. The van der Waals surface area contributed by atoms with Crippen molar-refractivity contribution in [2.75, 3.05) is 19.6 Å². The molecule has 9 nitrogen and oxygen atoms in total. The minimum Gasteiger partial charge on any atom is -0.355 e. The van der Waals surface area contributed by atoms with E-state index in [1.807, 2.05) is 4.90 Å². The molecule has 1 fully saturated rings. The Labute approximate surface area is 152 Å². The Kier molecular flexibility index (Phi) is 5.85. The summed E-state index contributed by atoms with van der Waals surface area (Å²) in [5, 5.41) is 13.4. The van der Waals surface area contributed by atoms with Gasteiger partial charge in [0.2, 0.25) is 17.6 Å². The van der Waals surface area contributed by atoms with Crippen LogP contribution in [0.4, 0.5) is 0 Å². The number of hydrogen-bond acceptors (Lipinski definition) is 5. The van der Waals surface area contributed by atoms with E-state index < -0.39 is 0 Å². The van der Waals surface area contributed by atoms with Gasteiger partial charge in [0, 0.05) is 39.0 Å². The zero-order valence-electron chi connectivity index (χ0n) is 15.2. The van der Waals surface area contributed by atoms with Crippen LogP contribution in [0.15, 0.2) is 0 Å². The number of carbonyl (C=O) groups is 3. The molecule has 142 valence electrons. The summed E-state index contributed by atoms with van der Waals surface area (Å²) in [5.74, 6) is 0.790. The van der Waals surface area contributed by atoms with Crippen LogP contribution in [0.2, 0.25) is 0 Å². The molecule has 2 N–H and O–H groups in total. The molecule has 1 aromatic heterocycles. The van der Waals surface area contributed by atoms with Crippen LogP contribution in [-0.2, 0) is 22.7 Å². The molecule has 1 aromatic rings. The topological polar surface area (TPSA) is 109 Å². The van der Waals surface area contributed by atoms with Crippen LogP contribution >= 0.6 is 0 Å². The maximum absolute atomic E-state index is 12.7. The van der Waals surface area contributed by atoms with Gasteiger partial charge in [-0.3, -0.25) is 14.4 Å². The number of amides is 3. The van der Waals surface area contributed by atoms with Crippen LogP contribution in [0.3, 0.4) is 0 Å². The van der Waals surface area contributed by atoms with Crippen molar-refractivity contribution in [3.63, 3.8) is 0 Å². The molecule has 3 amide bonds. The number of aromatic nitrogens is 3. The number of rotatable bonds is 5. The van der Waals surface area contributed by atoms with Crippen LogP contribution in [0, 0.1) is 5.92 Å². The first-order chi connectivity index (χ1) is 12.6. The lowest BCUT2D eigenvalue weighted by molar-refractivity contribution is -0.138. The van der Waals surface area contributed by atoms with Crippen molar-refractivity contribution in [3.8, 4) is 0 Å². The smallest absolute Gasteiger partial charge is 0.289 e. The van der Waals surface area contributed by atoms with Crippen LogP contribution < -0.4 is 10.6 Å². The minimum atomic E-state index is -0.318. The van der Waals surface area contributed by atoms with Gasteiger partial charge in [0.05, 0.1) is 6.54 Å². The Balaban J connectivity index is 1.56. The highest BCUT2D eigenvalue weighted by Gasteiger charge is 2.31. The molecule has 9 heteroatoms. The molecule has 0 unspecified atom stereocenters. The minimum absolute atomic E-state index is 0.134. The zero-order valence-corrected chi connectivity index (χ0v) is 15.2. The quantitative estimate of drug-likeness (QED) is 0.720. The lowest BCUT2D eigenvalue weighted by Crippen LogP contribution is -2.43. The summed E-state index contributed by atoms with van der Waals surface area (Å²) in [6, 6.07) is 0. The van der Waals surface area contributed by atoms with Crippen molar-refractivity contribution in [2.24, 2.45) is 5.92 Å². The molecule has 0 saturated heterocycles. The van der Waals surface area contributed by atoms with Gasteiger partial charge in [-0.05, 0) is 12.8 Å². The summed E-state index contributed by atoms with van der Waals surface area (Å²) < 4.78 is 1.78. The van der Waals surface area contributed by atoms with Gasteiger partial charge in [-0.1, -0.05) is 19.3 Å². The van der Waals surface area contributed by atoms with Gasteiger partial charge in [-0.15, -0.1) is 10.2 Å². The average Bonchev–Trinajstić information content (AvgIpc) is 3.08. The molecular weight excluding hydrogens is 336 g/mol. The van der Waals surface area contributed by atoms with E-state index >= 15 is 0 Å². The monoisotopic (exact) mass is 362 g/mol. The van der Waals surface area contributed by atoms with Crippen molar-refractivity contribution >= 4 is 17.7 Å². The van der Waals surface area contributed by atoms with Crippen molar-refractivity contribution in [2.45, 2.75) is 52.1 Å². The molecule has 26 heavy (non-hydrogen) atoms. The molecule has 3 rings (SSSR count). The second kappa shape index (κ2) is 8.29. The molecule has 1 aliphatic heterocycles. The fourth-order valence-electron chi connectivity index (χ4n) is 3.62. The van der Waals surface area contributed by atoms with E-state index in [1.165, 1.54) is 13.3 Å². The molecule has 0 atom stereocenters. The third kappa shape index (κ3) is 4.20. The number of fused-ring (bicyclic) bond motifs is 1. The van der Waals surface area contributed by atoms with E-state index in [-0.39, 0.29) is 29.5 Å². The van der Waals surface area contributed by atoms with E-state index in [4.69, 9.17) is 0 Å². The van der Waals surface area contributed by atoms with Crippen LogP contribution in [0.1, 0.15) is 55.5 Å². The van der Waals surface area contributed by atoms with Crippen LogP contribution in [0.25, 0.3) is 0 Å². The summed E-state index contributed by atoms with van der Waals surface area (Å²) in [6.45, 7) is 3.62. The SMILES string of the molecule is CC(=O)NCCNC(=O)c1nnc2n1CCN(C(=O)C1CCCCC1)C2. The third-order valence-corrected chi connectivity index (χ3v) is 5.01. The third-order valence-electron chi connectivity index (χ3n) is 5.01. The van der Waals surface area contributed by atoms with Gasteiger partial charge in [0.15, 0.2) is 5.82 Å². The van der Waals surface area contributed by atoms with Crippen molar-refractivity contribution in [3.05, 3.63) is 11.6 Å². The molecule has 0 aromatic carbocycles. The van der Waals surface area contributed by atoms with Crippen molar-refractivity contribution < 1.29 is 14.4 Å². The highest BCUT2D eigenvalue weighted by molar-refractivity contribution is 5.90. The maximum Gasteiger partial charge on any atom is 0.289 e. The van der Waals surface area contributed by atoms with Gasteiger partial charge in [0.1, 0.15) is 0 Å². The first-order valence-corrected chi connectivity index (χ1v) is 9.29. The number of nitrogens with zero attached hydrogens (tertiary/aromatic N) is 4. The lowest BCUT2D eigenvalue weighted by atomic mass is 9.88. The summed E-state index contributed by atoms with van der Waals surface area (Å²) in [5.41, 5.74) is 0. The standard InChI is InChI=1S/C17H26N6O3/c1-12(24)18-7-8-19-16(25)15-21-20-14-11-22(9-10-23(14)15)17(26)13-5-3-2-4-6-13/h13H,2-11H2,1H3,(H,18,24)(H,19,25). The fourth-order valence-corrected chi connectivity index (χ4v) is 3.62. The Morgan fingerprint density at radius 2 is 1.77 bits per heavy atom. The highest BCUT2D eigenvalue weighted by Crippen LogP contribution is 2.26. The van der Waals surface area contributed by atoms with Gasteiger partial charge in [0.25, 0.3) is 5.91 Å². The Morgan fingerprint density at radius 3 is 2.50 bits per heavy atom. The normalized spacial score (nSPS) is 17.5. The molecular formula is C17H26N6O3. The molecule has 2 aliphatic rings. The van der Waals surface area contributed by atoms with Gasteiger partial charge >= 0.3 is 0 Å². The van der Waals surface area contributed by atoms with E-state index in [1.54, 1.807) is 4.57 Å². The average molecular weight is 362 g/mol. The molecule has 0 spiro atoms. The first-order valence-electron chi connectivity index (χ1n) is 9.29. The summed E-state index contributed by atoms with van der Waals surface area (Å²) >= 11 is 0. The molecule has 1 aliphatic carbocycles. The largest absolute Gasteiger partial charge is 0.355 e. The number of nitrogens with one attached hydrogen (secondary N) is 2. The van der Waals surface area contributed by atoms with E-state index in [0.717, 1.165) is 25.7 Å². The van der Waals surface area contributed by atoms with E-state index in [9.17, 15) is 14.4 Å². The second-order valence-electron chi connectivity index (χ2n) is 6.93. The first kappa shape index (κ1) is 18.3. The van der Waals surface area contributed by atoms with Crippen LogP contribution in [-0.4, -0.2) is 57.0 Å². The summed E-state index contributed by atoms with van der Waals surface area (Å²) in [4.78, 5) is 37.6. The summed E-state index contributed by atoms with van der Waals surface area (Å²) in [6.07, 6.45) is 5.43. The second-order valence-corrected chi connectivity index (χ2v) is 6.93. The maximum atomic E-state index is 12.7. The number of carbonyl (C=O) groups excluding carboxylic acids is 3. The predicted molar refractivity (Wildman–Crippen MR) is 93.0 cm³/mol. The highest BCUT2D eigenvalue weighted by atomic mass is 16.2. The van der Waals surface area contributed by atoms with E-state index in [0.29, 0.717) is 38.5 Å². The fraction of sp³-hybridized carbons (Fsp3) is 0.706. The van der Waals surface area contributed by atoms with Crippen molar-refractivity contribution in [1.82, 2.24) is 30.3 Å². The molecule has 1 saturated carbocycles. The molecule has 0 bridgehead atoms. The number of hydrogen-bond donors (Lipinski definition) is 2. The van der Waals surface area contributed by atoms with Crippen molar-refractivity contribution in [1.29, 1.82) is 0 Å². The van der Waals surface area contributed by atoms with Crippen LogP contribution in [0.5, 0.6) is 0 Å². The Bertz CT molecular complexity index is 680. The van der Waals surface area contributed by atoms with E-state index in [2.05, 4.69) is 20.8 Å². The van der Waals surface area contributed by atoms with Gasteiger partial charge < -0.3 is 20.1 Å². The molecule has 2 heterocycles. The van der Waals surface area contributed by atoms with Gasteiger partial charge in [-0.25, -0.2) is 0 Å². The zero-order chi connectivity index (χ0) is 18.5. The lowest BCUT2D eigenvalue weighted by Gasteiger charge is -2.32. The molecule has 0 radical (unpaired) electrons.